The minimum Gasteiger partial charge on any atom is -0.318 e. The first-order valence-corrected chi connectivity index (χ1v) is 7.14. The molecule has 3 aromatic rings. The van der Waals surface area contributed by atoms with Crippen LogP contribution in [0.1, 0.15) is 5.69 Å². The molecule has 0 aliphatic rings. The Balaban J connectivity index is 1.92. The summed E-state index contributed by atoms with van der Waals surface area (Å²) in [6.07, 6.45) is -3.10. The molecule has 3 rings (SSSR count). The first kappa shape index (κ1) is 14.6. The zero-order valence-electron chi connectivity index (χ0n) is 11.3. The molecule has 2 aromatic heterocycles. The first-order chi connectivity index (χ1) is 10.3. The molecule has 2 heterocycles. The van der Waals surface area contributed by atoms with E-state index < -0.39 is 12.1 Å². The van der Waals surface area contributed by atoms with Crippen LogP contribution >= 0.6 is 11.3 Å². The van der Waals surface area contributed by atoms with E-state index in [0.29, 0.717) is 11.3 Å². The highest BCUT2D eigenvalue weighted by Gasteiger charge is 2.38. The number of carbonyl (C=O) groups excluding carboxylic acids is 1. The number of hydrogen-bond donors (Lipinski definition) is 1. The molecule has 0 aliphatic carbocycles. The van der Waals surface area contributed by atoms with Crippen LogP contribution in [0.4, 0.5) is 18.9 Å². The normalized spacial score (nSPS) is 11.8. The van der Waals surface area contributed by atoms with Gasteiger partial charge in [-0.2, -0.15) is 13.2 Å². The van der Waals surface area contributed by atoms with Crippen LogP contribution in [-0.2, 0) is 4.79 Å². The Kier molecular flexibility index (Phi) is 3.40. The number of hydrogen-bond acceptors (Lipinski definition) is 3. The minimum absolute atomic E-state index is 0.0768. The van der Waals surface area contributed by atoms with Crippen LogP contribution in [0.5, 0.6) is 0 Å². The molecule has 0 saturated heterocycles. The molecule has 0 spiro atoms. The maximum atomic E-state index is 12.3. The van der Waals surface area contributed by atoms with E-state index in [1.807, 2.05) is 28.2 Å². The van der Waals surface area contributed by atoms with Gasteiger partial charge in [0.25, 0.3) is 0 Å². The second-order valence-corrected chi connectivity index (χ2v) is 5.53. The number of aryl methyl sites for hydroxylation is 1. The van der Waals surface area contributed by atoms with E-state index >= 15 is 0 Å². The monoisotopic (exact) mass is 325 g/mol. The second-order valence-electron chi connectivity index (χ2n) is 4.69. The highest BCUT2D eigenvalue weighted by atomic mass is 32.1. The summed E-state index contributed by atoms with van der Waals surface area (Å²) in [6, 6.07) is 6.16. The predicted octanol–water partition coefficient (Wildman–Crippen LogP) is 3.87. The number of alkyl halides is 3. The molecule has 0 unspecified atom stereocenters. The molecule has 0 saturated carbocycles. The smallest absolute Gasteiger partial charge is 0.318 e. The standard InChI is InChI=1S/C14H10F3N3OS/c1-8-7-22-13-19-11(6-20(8)13)9-3-2-4-10(5-9)18-12(21)14(15,16)17/h2-7H,1H3,(H,18,21). The molecule has 0 bridgehead atoms. The topological polar surface area (TPSA) is 46.4 Å². The van der Waals surface area contributed by atoms with Crippen LogP contribution < -0.4 is 5.32 Å². The van der Waals surface area contributed by atoms with Gasteiger partial charge in [-0.15, -0.1) is 11.3 Å². The van der Waals surface area contributed by atoms with Gasteiger partial charge in [0, 0.05) is 28.5 Å². The van der Waals surface area contributed by atoms with Crippen molar-refractivity contribution in [2.45, 2.75) is 13.1 Å². The van der Waals surface area contributed by atoms with Crippen molar-refractivity contribution in [3.8, 4) is 11.3 Å². The Morgan fingerprint density at radius 2 is 2.14 bits per heavy atom. The Morgan fingerprint density at radius 1 is 1.36 bits per heavy atom. The van der Waals surface area contributed by atoms with E-state index in [2.05, 4.69) is 4.98 Å². The van der Waals surface area contributed by atoms with Gasteiger partial charge in [-0.3, -0.25) is 9.20 Å². The number of nitrogens with zero attached hydrogens (tertiary/aromatic N) is 2. The van der Waals surface area contributed by atoms with Gasteiger partial charge in [-0.1, -0.05) is 12.1 Å². The number of aromatic nitrogens is 2. The number of anilines is 1. The number of thiazole rings is 1. The van der Waals surface area contributed by atoms with Crippen molar-refractivity contribution in [2.75, 3.05) is 5.32 Å². The minimum atomic E-state index is -4.91. The number of rotatable bonds is 2. The first-order valence-electron chi connectivity index (χ1n) is 6.26. The van der Waals surface area contributed by atoms with Crippen molar-refractivity contribution in [1.29, 1.82) is 0 Å². The molecule has 1 amide bonds. The maximum absolute atomic E-state index is 12.3. The number of nitrogens with one attached hydrogen (secondary N) is 1. The van der Waals surface area contributed by atoms with Gasteiger partial charge < -0.3 is 5.32 Å². The van der Waals surface area contributed by atoms with Gasteiger partial charge in [0.1, 0.15) is 0 Å². The fraction of sp³-hybridized carbons (Fsp3) is 0.143. The van der Waals surface area contributed by atoms with E-state index in [4.69, 9.17) is 0 Å². The summed E-state index contributed by atoms with van der Waals surface area (Å²) in [4.78, 5) is 16.2. The van der Waals surface area contributed by atoms with E-state index in [1.165, 1.54) is 23.5 Å². The number of imidazole rings is 1. The third kappa shape index (κ3) is 2.69. The summed E-state index contributed by atoms with van der Waals surface area (Å²) in [5.74, 6) is -1.99. The number of benzene rings is 1. The molecule has 114 valence electrons. The van der Waals surface area contributed by atoms with Gasteiger partial charge in [-0.25, -0.2) is 4.98 Å². The van der Waals surface area contributed by atoms with Crippen molar-refractivity contribution in [1.82, 2.24) is 9.38 Å². The summed E-state index contributed by atoms with van der Waals surface area (Å²) in [7, 11) is 0. The van der Waals surface area contributed by atoms with Crippen molar-refractivity contribution in [3.63, 3.8) is 0 Å². The predicted molar refractivity (Wildman–Crippen MR) is 77.9 cm³/mol. The zero-order valence-corrected chi connectivity index (χ0v) is 12.1. The number of fused-ring (bicyclic) bond motifs is 1. The summed E-state index contributed by atoms with van der Waals surface area (Å²) < 4.78 is 38.7. The van der Waals surface area contributed by atoms with Gasteiger partial charge >= 0.3 is 12.1 Å². The van der Waals surface area contributed by atoms with Crippen LogP contribution in [0.2, 0.25) is 0 Å². The van der Waals surface area contributed by atoms with Gasteiger partial charge in [-0.05, 0) is 19.1 Å². The Hall–Kier alpha value is -2.35. The van der Waals surface area contributed by atoms with Crippen LogP contribution in [0.25, 0.3) is 16.2 Å². The Bertz CT molecular complexity index is 851. The molecule has 0 radical (unpaired) electrons. The highest BCUT2D eigenvalue weighted by molar-refractivity contribution is 7.15. The molecule has 1 aromatic carbocycles. The third-order valence-electron chi connectivity index (χ3n) is 3.06. The van der Waals surface area contributed by atoms with Gasteiger partial charge in [0.15, 0.2) is 4.96 Å². The maximum Gasteiger partial charge on any atom is 0.471 e. The summed E-state index contributed by atoms with van der Waals surface area (Å²) >= 11 is 1.48. The van der Waals surface area contributed by atoms with Crippen molar-refractivity contribution >= 4 is 27.9 Å². The van der Waals surface area contributed by atoms with Crippen LogP contribution in [0, 0.1) is 6.92 Å². The van der Waals surface area contributed by atoms with Gasteiger partial charge in [0.05, 0.1) is 5.69 Å². The Labute approximate surface area is 127 Å². The number of carbonyl (C=O) groups is 1. The second kappa shape index (κ2) is 5.13. The molecule has 8 heteroatoms. The fourth-order valence-corrected chi connectivity index (χ4v) is 2.84. The lowest BCUT2D eigenvalue weighted by Crippen LogP contribution is -2.29. The SMILES string of the molecule is Cc1csc2nc(-c3cccc(NC(=O)C(F)(F)F)c3)cn12. The quantitative estimate of drug-likeness (QED) is 0.777. The summed E-state index contributed by atoms with van der Waals surface area (Å²) in [6.45, 7) is 1.94. The van der Waals surface area contributed by atoms with Crippen LogP contribution in [0.15, 0.2) is 35.8 Å². The lowest BCUT2D eigenvalue weighted by Gasteiger charge is -2.08. The lowest BCUT2D eigenvalue weighted by molar-refractivity contribution is -0.167. The highest BCUT2D eigenvalue weighted by Crippen LogP contribution is 2.26. The summed E-state index contributed by atoms with van der Waals surface area (Å²) in [5, 5.41) is 3.80. The fourth-order valence-electron chi connectivity index (χ4n) is 1.99. The molecule has 0 fully saturated rings. The largest absolute Gasteiger partial charge is 0.471 e. The van der Waals surface area contributed by atoms with Crippen molar-refractivity contribution in [2.24, 2.45) is 0 Å². The van der Waals surface area contributed by atoms with Crippen molar-refractivity contribution in [3.05, 3.63) is 41.5 Å². The summed E-state index contributed by atoms with van der Waals surface area (Å²) in [5.41, 5.74) is 2.38. The average molecular weight is 325 g/mol. The molecule has 4 nitrogen and oxygen atoms in total. The van der Waals surface area contributed by atoms with Crippen LogP contribution in [-0.4, -0.2) is 21.5 Å². The van der Waals surface area contributed by atoms with Crippen molar-refractivity contribution < 1.29 is 18.0 Å². The molecule has 0 atom stereocenters. The molecule has 1 N–H and O–H groups in total. The van der Waals surface area contributed by atoms with E-state index in [0.717, 1.165) is 10.7 Å². The van der Waals surface area contributed by atoms with E-state index in [9.17, 15) is 18.0 Å². The molecular weight excluding hydrogens is 315 g/mol. The van der Waals surface area contributed by atoms with E-state index in [1.54, 1.807) is 12.1 Å². The third-order valence-corrected chi connectivity index (χ3v) is 4.02. The van der Waals surface area contributed by atoms with Crippen LogP contribution in [0.3, 0.4) is 0 Å². The van der Waals surface area contributed by atoms with Gasteiger partial charge in [0.2, 0.25) is 0 Å². The zero-order chi connectivity index (χ0) is 15.9. The lowest BCUT2D eigenvalue weighted by atomic mass is 10.1. The Morgan fingerprint density at radius 3 is 2.82 bits per heavy atom. The van der Waals surface area contributed by atoms with E-state index in [-0.39, 0.29) is 5.69 Å². The molecule has 0 aliphatic heterocycles. The number of amides is 1. The molecule has 22 heavy (non-hydrogen) atoms. The molecular formula is C14H10F3N3OS. The number of halogens is 3. The average Bonchev–Trinajstić information content (AvgIpc) is 3.01.